The zero-order valence-corrected chi connectivity index (χ0v) is 13.2. The molecule has 0 aromatic carbocycles. The fourth-order valence-corrected chi connectivity index (χ4v) is 2.73. The van der Waals surface area contributed by atoms with Crippen molar-refractivity contribution in [2.45, 2.75) is 51.2 Å². The van der Waals surface area contributed by atoms with Gasteiger partial charge in [0.25, 0.3) is 0 Å². The van der Waals surface area contributed by atoms with Gasteiger partial charge in [-0.25, -0.2) is 0 Å². The summed E-state index contributed by atoms with van der Waals surface area (Å²) in [7, 11) is 0. The van der Waals surface area contributed by atoms with Gasteiger partial charge in [0, 0.05) is 23.3 Å². The standard InChI is InChI=1S/C15H23BrN2O/c1-2-9-17-14(8-6-13-4-3-10-19-13)15-7-5-12(16)11-18-15/h5,7,11,13-14,17H,2-4,6,8-10H2,1H3. The average molecular weight is 327 g/mol. The number of ether oxygens (including phenoxy) is 1. The van der Waals surface area contributed by atoms with Crippen molar-refractivity contribution in [1.82, 2.24) is 10.3 Å². The molecule has 2 atom stereocenters. The monoisotopic (exact) mass is 326 g/mol. The number of hydrogen-bond donors (Lipinski definition) is 1. The van der Waals surface area contributed by atoms with E-state index in [9.17, 15) is 0 Å². The lowest BCUT2D eigenvalue weighted by molar-refractivity contribution is 0.0994. The van der Waals surface area contributed by atoms with E-state index in [-0.39, 0.29) is 0 Å². The summed E-state index contributed by atoms with van der Waals surface area (Å²) in [5.41, 5.74) is 1.13. The van der Waals surface area contributed by atoms with Crippen LogP contribution in [-0.4, -0.2) is 24.2 Å². The number of pyridine rings is 1. The van der Waals surface area contributed by atoms with Crippen LogP contribution in [0.15, 0.2) is 22.8 Å². The first kappa shape index (κ1) is 14.9. The molecular formula is C15H23BrN2O. The van der Waals surface area contributed by atoms with E-state index >= 15 is 0 Å². The quantitative estimate of drug-likeness (QED) is 0.826. The van der Waals surface area contributed by atoms with Crippen molar-refractivity contribution in [3.63, 3.8) is 0 Å². The topological polar surface area (TPSA) is 34.1 Å². The SMILES string of the molecule is CCCNC(CCC1CCCO1)c1ccc(Br)cn1. The third kappa shape index (κ3) is 4.86. The van der Waals surface area contributed by atoms with E-state index in [1.807, 2.05) is 6.20 Å². The highest BCUT2D eigenvalue weighted by Crippen LogP contribution is 2.23. The van der Waals surface area contributed by atoms with Crippen molar-refractivity contribution < 1.29 is 4.74 Å². The van der Waals surface area contributed by atoms with Crippen LogP contribution >= 0.6 is 15.9 Å². The largest absolute Gasteiger partial charge is 0.378 e. The van der Waals surface area contributed by atoms with E-state index in [2.05, 4.69) is 45.3 Å². The second-order valence-corrected chi connectivity index (χ2v) is 6.04. The molecule has 2 unspecified atom stereocenters. The maximum atomic E-state index is 5.71. The first-order chi connectivity index (χ1) is 9.29. The molecule has 106 valence electrons. The lowest BCUT2D eigenvalue weighted by atomic mass is 10.0. The van der Waals surface area contributed by atoms with Crippen molar-refractivity contribution in [3.8, 4) is 0 Å². The second-order valence-electron chi connectivity index (χ2n) is 5.12. The van der Waals surface area contributed by atoms with Crippen LogP contribution in [0, 0.1) is 0 Å². The molecule has 0 spiro atoms. The second kappa shape index (κ2) is 7.98. The van der Waals surface area contributed by atoms with Crippen LogP contribution in [0.3, 0.4) is 0 Å². The normalized spacial score (nSPS) is 20.6. The summed E-state index contributed by atoms with van der Waals surface area (Å²) in [6.45, 7) is 4.17. The number of halogens is 1. The van der Waals surface area contributed by atoms with Gasteiger partial charge in [-0.3, -0.25) is 4.98 Å². The minimum Gasteiger partial charge on any atom is -0.378 e. The van der Waals surface area contributed by atoms with Gasteiger partial charge in [0.15, 0.2) is 0 Å². The smallest absolute Gasteiger partial charge is 0.0576 e. The predicted octanol–water partition coefficient (Wildman–Crippen LogP) is 3.84. The molecule has 2 rings (SSSR count). The lowest BCUT2D eigenvalue weighted by Gasteiger charge is -2.19. The zero-order valence-electron chi connectivity index (χ0n) is 11.6. The summed E-state index contributed by atoms with van der Waals surface area (Å²) in [5, 5.41) is 3.60. The van der Waals surface area contributed by atoms with Gasteiger partial charge < -0.3 is 10.1 Å². The first-order valence-electron chi connectivity index (χ1n) is 7.26. The van der Waals surface area contributed by atoms with Crippen LogP contribution in [0.1, 0.15) is 50.8 Å². The average Bonchev–Trinajstić information content (AvgIpc) is 2.93. The van der Waals surface area contributed by atoms with Crippen molar-refractivity contribution in [2.75, 3.05) is 13.2 Å². The Hall–Kier alpha value is -0.450. The Morgan fingerprint density at radius 1 is 1.53 bits per heavy atom. The molecule has 1 aromatic rings. The van der Waals surface area contributed by atoms with E-state index in [1.54, 1.807) is 0 Å². The maximum absolute atomic E-state index is 5.71. The van der Waals surface area contributed by atoms with E-state index in [1.165, 1.54) is 12.8 Å². The van der Waals surface area contributed by atoms with Crippen molar-refractivity contribution in [3.05, 3.63) is 28.5 Å². The number of rotatable bonds is 7. The number of hydrogen-bond acceptors (Lipinski definition) is 3. The van der Waals surface area contributed by atoms with Gasteiger partial charge in [-0.1, -0.05) is 6.92 Å². The van der Waals surface area contributed by atoms with E-state index in [4.69, 9.17) is 4.74 Å². The van der Waals surface area contributed by atoms with Crippen LogP contribution in [0.5, 0.6) is 0 Å². The summed E-state index contributed by atoms with van der Waals surface area (Å²) >= 11 is 3.44. The number of nitrogens with zero attached hydrogens (tertiary/aromatic N) is 1. The van der Waals surface area contributed by atoms with Gasteiger partial charge in [-0.2, -0.15) is 0 Å². The Morgan fingerprint density at radius 3 is 3.05 bits per heavy atom. The molecule has 1 aliphatic rings. The highest BCUT2D eigenvalue weighted by molar-refractivity contribution is 9.10. The highest BCUT2D eigenvalue weighted by Gasteiger charge is 2.19. The van der Waals surface area contributed by atoms with Gasteiger partial charge in [0.05, 0.1) is 11.8 Å². The number of aromatic nitrogens is 1. The molecule has 1 fully saturated rings. The molecule has 0 amide bonds. The van der Waals surface area contributed by atoms with Crippen LogP contribution in [-0.2, 0) is 4.74 Å². The summed E-state index contributed by atoms with van der Waals surface area (Å²) in [5.74, 6) is 0. The Morgan fingerprint density at radius 2 is 2.42 bits per heavy atom. The molecule has 2 heterocycles. The number of nitrogens with one attached hydrogen (secondary N) is 1. The van der Waals surface area contributed by atoms with Crippen LogP contribution in [0.25, 0.3) is 0 Å². The van der Waals surface area contributed by atoms with E-state index in [0.717, 1.165) is 42.6 Å². The third-order valence-electron chi connectivity index (χ3n) is 3.55. The Labute approximate surface area is 124 Å². The zero-order chi connectivity index (χ0) is 13.5. The van der Waals surface area contributed by atoms with E-state index in [0.29, 0.717) is 12.1 Å². The lowest BCUT2D eigenvalue weighted by Crippen LogP contribution is -2.24. The van der Waals surface area contributed by atoms with Gasteiger partial charge in [0.2, 0.25) is 0 Å². The Kier molecular flexibility index (Phi) is 6.28. The van der Waals surface area contributed by atoms with Gasteiger partial charge in [0.1, 0.15) is 0 Å². The molecular weight excluding hydrogens is 304 g/mol. The molecule has 0 radical (unpaired) electrons. The predicted molar refractivity (Wildman–Crippen MR) is 81.2 cm³/mol. The Bertz CT molecular complexity index is 363. The van der Waals surface area contributed by atoms with Crippen molar-refractivity contribution in [1.29, 1.82) is 0 Å². The molecule has 1 aromatic heterocycles. The fraction of sp³-hybridized carbons (Fsp3) is 0.667. The maximum Gasteiger partial charge on any atom is 0.0576 e. The molecule has 1 saturated heterocycles. The molecule has 3 nitrogen and oxygen atoms in total. The summed E-state index contributed by atoms with van der Waals surface area (Å²) in [6, 6.07) is 4.51. The molecule has 0 saturated carbocycles. The fourth-order valence-electron chi connectivity index (χ4n) is 2.49. The summed E-state index contributed by atoms with van der Waals surface area (Å²) in [4.78, 5) is 4.53. The minimum absolute atomic E-state index is 0.345. The van der Waals surface area contributed by atoms with Crippen LogP contribution < -0.4 is 5.32 Å². The van der Waals surface area contributed by atoms with Gasteiger partial charge in [-0.15, -0.1) is 0 Å². The molecule has 1 aliphatic heterocycles. The highest BCUT2D eigenvalue weighted by atomic mass is 79.9. The summed E-state index contributed by atoms with van der Waals surface area (Å²) < 4.78 is 6.74. The van der Waals surface area contributed by atoms with Gasteiger partial charge >= 0.3 is 0 Å². The van der Waals surface area contributed by atoms with Crippen LogP contribution in [0.4, 0.5) is 0 Å². The van der Waals surface area contributed by atoms with Gasteiger partial charge in [-0.05, 0) is 66.7 Å². The first-order valence-corrected chi connectivity index (χ1v) is 8.05. The molecule has 1 N–H and O–H groups in total. The van der Waals surface area contributed by atoms with Crippen molar-refractivity contribution >= 4 is 15.9 Å². The van der Waals surface area contributed by atoms with Crippen LogP contribution in [0.2, 0.25) is 0 Å². The molecule has 4 heteroatoms. The molecule has 0 aliphatic carbocycles. The third-order valence-corrected chi connectivity index (χ3v) is 4.02. The van der Waals surface area contributed by atoms with Crippen molar-refractivity contribution in [2.24, 2.45) is 0 Å². The summed E-state index contributed by atoms with van der Waals surface area (Å²) in [6.07, 6.45) is 8.14. The Balaban J connectivity index is 1.91. The molecule has 19 heavy (non-hydrogen) atoms. The minimum atomic E-state index is 0.345. The molecule has 0 bridgehead atoms. The van der Waals surface area contributed by atoms with E-state index < -0.39 is 0 Å².